The Kier molecular flexibility index (Phi) is 4.54. The molecule has 31 heavy (non-hydrogen) atoms. The first-order chi connectivity index (χ1) is 14.8. The summed E-state index contributed by atoms with van der Waals surface area (Å²) in [6, 6.07) is 3.27. The van der Waals surface area contributed by atoms with Gasteiger partial charge in [-0.3, -0.25) is 5.10 Å². The molecule has 8 nitrogen and oxygen atoms in total. The molecule has 5 rings (SSSR count). The van der Waals surface area contributed by atoms with E-state index in [0.29, 0.717) is 23.1 Å². The summed E-state index contributed by atoms with van der Waals surface area (Å²) in [5.41, 5.74) is 0.539. The van der Waals surface area contributed by atoms with Gasteiger partial charge >= 0.3 is 6.18 Å². The molecule has 0 radical (unpaired) electrons. The van der Waals surface area contributed by atoms with Crippen LogP contribution >= 0.6 is 0 Å². The zero-order valence-electron chi connectivity index (χ0n) is 16.3. The Morgan fingerprint density at radius 1 is 1.19 bits per heavy atom. The number of piperidine rings is 1. The molecular formula is C19H18F4N8. The first-order valence-electron chi connectivity index (χ1n) is 9.68. The molecule has 0 aliphatic carbocycles. The van der Waals surface area contributed by atoms with Crippen molar-refractivity contribution >= 4 is 22.5 Å². The van der Waals surface area contributed by atoms with Crippen LogP contribution in [0.15, 0.2) is 24.5 Å². The number of nitrogens with zero attached hydrogens (tertiary/aromatic N) is 5. The Balaban J connectivity index is 1.64. The number of hydrogen-bond donors (Lipinski definition) is 3. The summed E-state index contributed by atoms with van der Waals surface area (Å²) in [6.45, 7) is 2.60. The summed E-state index contributed by atoms with van der Waals surface area (Å²) in [5, 5.41) is 17.4. The van der Waals surface area contributed by atoms with Crippen molar-refractivity contribution < 1.29 is 17.6 Å². The fraction of sp³-hybridized carbons (Fsp3) is 0.368. The molecule has 1 fully saturated rings. The summed E-state index contributed by atoms with van der Waals surface area (Å²) in [5.74, 6) is -0.0210. The van der Waals surface area contributed by atoms with Crippen LogP contribution in [0.2, 0.25) is 0 Å². The Hall–Kier alpha value is -3.28. The predicted molar refractivity (Wildman–Crippen MR) is 105 cm³/mol. The molecular weight excluding hydrogens is 416 g/mol. The summed E-state index contributed by atoms with van der Waals surface area (Å²) >= 11 is 0. The van der Waals surface area contributed by atoms with Crippen LogP contribution in [0.4, 0.5) is 23.5 Å². The number of alkyl halides is 4. The Labute approximate surface area is 173 Å². The highest BCUT2D eigenvalue weighted by atomic mass is 19.4. The fourth-order valence-corrected chi connectivity index (χ4v) is 3.82. The lowest BCUT2D eigenvalue weighted by Crippen LogP contribution is -2.44. The number of nitrogens with one attached hydrogen (secondary N) is 3. The van der Waals surface area contributed by atoms with E-state index in [-0.39, 0.29) is 36.3 Å². The highest BCUT2D eigenvalue weighted by molar-refractivity contribution is 6.02. The van der Waals surface area contributed by atoms with Crippen molar-refractivity contribution in [1.29, 1.82) is 0 Å². The standard InChI is InChI=1S/C19H18F4N8/c1-9-2-3-13-14-16(28-29-17(14)30-31(13)8-9)15-12(19(21,22)23)7-25-18(27-15)26-11-4-10(20)5-24-6-11/h2-3,7-8,10-11,24H,4-6H2,1H3,(H,29,30)(H,25,26,27)/t10-,11-/m0/s1. The van der Waals surface area contributed by atoms with Gasteiger partial charge in [-0.15, -0.1) is 5.10 Å². The number of aromatic nitrogens is 6. The Morgan fingerprint density at radius 3 is 2.81 bits per heavy atom. The van der Waals surface area contributed by atoms with Crippen molar-refractivity contribution in [3.63, 3.8) is 0 Å². The van der Waals surface area contributed by atoms with E-state index in [2.05, 4.69) is 35.9 Å². The van der Waals surface area contributed by atoms with Crippen molar-refractivity contribution in [3.05, 3.63) is 35.7 Å². The van der Waals surface area contributed by atoms with Crippen molar-refractivity contribution in [2.45, 2.75) is 31.7 Å². The van der Waals surface area contributed by atoms with E-state index in [1.165, 1.54) is 0 Å². The zero-order valence-corrected chi connectivity index (χ0v) is 16.3. The van der Waals surface area contributed by atoms with Crippen molar-refractivity contribution in [2.75, 3.05) is 18.4 Å². The number of aromatic amines is 1. The smallest absolute Gasteiger partial charge is 0.350 e. The fourth-order valence-electron chi connectivity index (χ4n) is 3.82. The third-order valence-corrected chi connectivity index (χ3v) is 5.24. The van der Waals surface area contributed by atoms with E-state index < -0.39 is 17.9 Å². The van der Waals surface area contributed by atoms with Gasteiger partial charge in [0.05, 0.1) is 10.9 Å². The summed E-state index contributed by atoms with van der Waals surface area (Å²) in [4.78, 5) is 7.97. The maximum Gasteiger partial charge on any atom is 0.420 e. The molecule has 0 bridgehead atoms. The van der Waals surface area contributed by atoms with Crippen molar-refractivity contribution in [3.8, 4) is 11.4 Å². The number of H-pyrrole nitrogens is 1. The first-order valence-corrected chi connectivity index (χ1v) is 9.68. The van der Waals surface area contributed by atoms with Gasteiger partial charge in [-0.1, -0.05) is 6.07 Å². The van der Waals surface area contributed by atoms with Gasteiger partial charge in [0.2, 0.25) is 5.95 Å². The minimum absolute atomic E-state index is 0.0210. The molecule has 162 valence electrons. The third kappa shape index (κ3) is 3.56. The Bertz CT molecular complexity index is 1260. The SMILES string of the molecule is Cc1ccc2c3c(-c4nc(N[C@@H]5CNC[C@@H](F)C5)ncc4C(F)(F)F)n[nH]c3nn2c1. The van der Waals surface area contributed by atoms with Crippen LogP contribution in [0.1, 0.15) is 17.5 Å². The van der Waals surface area contributed by atoms with Crippen molar-refractivity contribution in [2.24, 2.45) is 0 Å². The number of anilines is 1. The van der Waals surface area contributed by atoms with Gasteiger partial charge in [0.1, 0.15) is 23.1 Å². The highest BCUT2D eigenvalue weighted by Crippen LogP contribution is 2.38. The molecule has 0 aromatic carbocycles. The average molecular weight is 434 g/mol. The summed E-state index contributed by atoms with van der Waals surface area (Å²) < 4.78 is 56.5. The quantitative estimate of drug-likeness (QED) is 0.429. The van der Waals surface area contributed by atoms with E-state index in [4.69, 9.17) is 0 Å². The second-order valence-electron chi connectivity index (χ2n) is 7.62. The van der Waals surface area contributed by atoms with Crippen LogP contribution in [-0.4, -0.2) is 55.1 Å². The second kappa shape index (κ2) is 7.15. The normalized spacial score (nSPS) is 19.9. The van der Waals surface area contributed by atoms with Crippen LogP contribution < -0.4 is 10.6 Å². The maximum atomic E-state index is 13.8. The molecule has 0 unspecified atom stereocenters. The molecule has 2 atom stereocenters. The van der Waals surface area contributed by atoms with E-state index in [9.17, 15) is 17.6 Å². The van der Waals surface area contributed by atoms with E-state index >= 15 is 0 Å². The highest BCUT2D eigenvalue weighted by Gasteiger charge is 2.37. The number of halogens is 4. The van der Waals surface area contributed by atoms with Crippen LogP contribution in [0.5, 0.6) is 0 Å². The van der Waals surface area contributed by atoms with Gasteiger partial charge in [-0.2, -0.15) is 18.3 Å². The number of aryl methyl sites for hydroxylation is 1. The lowest BCUT2D eigenvalue weighted by molar-refractivity contribution is -0.137. The molecule has 4 aromatic rings. The molecule has 1 saturated heterocycles. The van der Waals surface area contributed by atoms with Gasteiger partial charge in [-0.25, -0.2) is 18.9 Å². The average Bonchev–Trinajstić information content (AvgIpc) is 3.25. The van der Waals surface area contributed by atoms with E-state index in [0.717, 1.165) is 11.8 Å². The Morgan fingerprint density at radius 2 is 2.03 bits per heavy atom. The van der Waals surface area contributed by atoms with Gasteiger partial charge in [-0.05, 0) is 18.6 Å². The molecule has 1 aliphatic heterocycles. The topological polar surface area (TPSA) is 95.8 Å². The zero-order chi connectivity index (χ0) is 21.8. The second-order valence-corrected chi connectivity index (χ2v) is 7.62. The molecule has 0 amide bonds. The molecule has 5 heterocycles. The summed E-state index contributed by atoms with van der Waals surface area (Å²) in [7, 11) is 0. The van der Waals surface area contributed by atoms with Crippen LogP contribution in [-0.2, 0) is 6.18 Å². The lowest BCUT2D eigenvalue weighted by atomic mass is 10.1. The molecule has 3 N–H and O–H groups in total. The number of pyridine rings is 1. The molecule has 0 spiro atoms. The minimum Gasteiger partial charge on any atom is -0.350 e. The monoisotopic (exact) mass is 434 g/mol. The van der Waals surface area contributed by atoms with Crippen molar-refractivity contribution in [1.82, 2.24) is 35.1 Å². The van der Waals surface area contributed by atoms with Crippen LogP contribution in [0.3, 0.4) is 0 Å². The maximum absolute atomic E-state index is 13.8. The predicted octanol–water partition coefficient (Wildman–Crippen LogP) is 3.11. The largest absolute Gasteiger partial charge is 0.420 e. The van der Waals surface area contributed by atoms with E-state index in [1.807, 2.05) is 13.0 Å². The van der Waals surface area contributed by atoms with Gasteiger partial charge < -0.3 is 10.6 Å². The first kappa shape index (κ1) is 19.7. The van der Waals surface area contributed by atoms with Gasteiger partial charge in [0, 0.05) is 37.9 Å². The minimum atomic E-state index is -4.69. The van der Waals surface area contributed by atoms with Gasteiger partial charge in [0.15, 0.2) is 5.65 Å². The molecule has 1 aliphatic rings. The number of hydrogen-bond acceptors (Lipinski definition) is 6. The lowest BCUT2D eigenvalue weighted by Gasteiger charge is -2.26. The molecule has 12 heteroatoms. The van der Waals surface area contributed by atoms with Gasteiger partial charge in [0.25, 0.3) is 0 Å². The number of rotatable bonds is 3. The van der Waals surface area contributed by atoms with E-state index in [1.54, 1.807) is 16.8 Å². The number of fused-ring (bicyclic) bond motifs is 3. The molecule has 4 aromatic heterocycles. The third-order valence-electron chi connectivity index (χ3n) is 5.24. The van der Waals surface area contributed by atoms with Crippen LogP contribution in [0, 0.1) is 6.92 Å². The molecule has 0 saturated carbocycles. The summed E-state index contributed by atoms with van der Waals surface area (Å²) in [6.07, 6.45) is -3.02. The van der Waals surface area contributed by atoms with Crippen LogP contribution in [0.25, 0.3) is 27.9 Å².